The predicted molar refractivity (Wildman–Crippen MR) is 130 cm³/mol. The van der Waals surface area contributed by atoms with Crippen LogP contribution in [0.2, 0.25) is 18.1 Å². The van der Waals surface area contributed by atoms with Crippen molar-refractivity contribution < 1.29 is 4.43 Å². The van der Waals surface area contributed by atoms with Crippen LogP contribution in [0.1, 0.15) is 73.6 Å². The fraction of sp³-hybridized carbons (Fsp3) is 0.704. The van der Waals surface area contributed by atoms with Crippen LogP contribution in [0.3, 0.4) is 0 Å². The first-order valence-electron chi connectivity index (χ1n) is 11.7. The van der Waals surface area contributed by atoms with Gasteiger partial charge in [-0.3, -0.25) is 0 Å². The summed E-state index contributed by atoms with van der Waals surface area (Å²) < 4.78 is 6.51. The van der Waals surface area contributed by atoms with Crippen molar-refractivity contribution in [3.8, 4) is 0 Å². The maximum absolute atomic E-state index is 6.51. The Balaban J connectivity index is 1.76. The van der Waals surface area contributed by atoms with Crippen LogP contribution >= 0.6 is 0 Å². The molecule has 1 fully saturated rings. The maximum Gasteiger partial charge on any atom is 0.191 e. The Morgan fingerprint density at radius 1 is 1.24 bits per heavy atom. The molecule has 2 bridgehead atoms. The average molecular weight is 413 g/mol. The van der Waals surface area contributed by atoms with Gasteiger partial charge in [0, 0.05) is 17.9 Å². The molecule has 0 unspecified atom stereocenters. The van der Waals surface area contributed by atoms with Gasteiger partial charge >= 0.3 is 0 Å². The Labute approximate surface area is 181 Å². The normalized spacial score (nSPS) is 31.5. The minimum absolute atomic E-state index is 0.155. The molecule has 2 heteroatoms. The van der Waals surface area contributed by atoms with E-state index >= 15 is 0 Å². The summed E-state index contributed by atoms with van der Waals surface area (Å²) in [4.78, 5) is 0. The van der Waals surface area contributed by atoms with E-state index in [0.717, 1.165) is 13.0 Å². The zero-order valence-corrected chi connectivity index (χ0v) is 21.4. The largest absolute Gasteiger partial charge is 0.417 e. The van der Waals surface area contributed by atoms with Crippen LogP contribution in [0.25, 0.3) is 0 Å². The van der Waals surface area contributed by atoms with Gasteiger partial charge in [-0.1, -0.05) is 65.0 Å². The number of hydrogen-bond acceptors (Lipinski definition) is 1. The second kappa shape index (κ2) is 7.68. The van der Waals surface area contributed by atoms with E-state index in [4.69, 9.17) is 4.43 Å². The molecule has 0 spiro atoms. The van der Waals surface area contributed by atoms with E-state index in [9.17, 15) is 0 Å². The molecule has 0 aromatic heterocycles. The highest BCUT2D eigenvalue weighted by atomic mass is 28.4. The van der Waals surface area contributed by atoms with Gasteiger partial charge in [0.25, 0.3) is 0 Å². The van der Waals surface area contributed by atoms with E-state index in [2.05, 4.69) is 73.9 Å². The zero-order valence-electron chi connectivity index (χ0n) is 20.4. The van der Waals surface area contributed by atoms with Gasteiger partial charge in [-0.2, -0.15) is 0 Å². The van der Waals surface area contributed by atoms with Crippen molar-refractivity contribution in [1.82, 2.24) is 0 Å². The Hall–Kier alpha value is -0.863. The second-order valence-corrected chi connectivity index (χ2v) is 16.6. The summed E-state index contributed by atoms with van der Waals surface area (Å²) in [5, 5.41) is 0.284. The number of allylic oxidation sites excluding steroid dienone is 6. The highest BCUT2D eigenvalue weighted by molar-refractivity contribution is 6.74. The minimum atomic E-state index is -1.66. The first-order chi connectivity index (χ1) is 13.3. The van der Waals surface area contributed by atoms with Crippen molar-refractivity contribution >= 4 is 8.32 Å². The van der Waals surface area contributed by atoms with Crippen LogP contribution in [0.4, 0.5) is 0 Å². The lowest BCUT2D eigenvalue weighted by Gasteiger charge is -2.39. The molecule has 0 heterocycles. The quantitative estimate of drug-likeness (QED) is 0.315. The fourth-order valence-corrected chi connectivity index (χ4v) is 6.63. The highest BCUT2D eigenvalue weighted by Crippen LogP contribution is 2.60. The van der Waals surface area contributed by atoms with E-state index in [1.54, 1.807) is 16.7 Å². The second-order valence-electron chi connectivity index (χ2n) is 11.8. The third-order valence-corrected chi connectivity index (χ3v) is 13.5. The van der Waals surface area contributed by atoms with Crippen molar-refractivity contribution in [1.29, 1.82) is 0 Å². The molecule has 0 aliphatic heterocycles. The Kier molecular flexibility index (Phi) is 6.04. The summed E-state index contributed by atoms with van der Waals surface area (Å²) in [6.07, 6.45) is 8.58. The van der Waals surface area contributed by atoms with Gasteiger partial charge in [0.1, 0.15) is 0 Å². The Bertz CT molecular complexity index is 760. The molecule has 0 aromatic carbocycles. The first-order valence-corrected chi connectivity index (χ1v) is 14.6. The van der Waals surface area contributed by atoms with Crippen LogP contribution in [0.5, 0.6) is 0 Å². The topological polar surface area (TPSA) is 9.23 Å². The van der Waals surface area contributed by atoms with Gasteiger partial charge in [0.2, 0.25) is 0 Å². The van der Waals surface area contributed by atoms with Crippen molar-refractivity contribution in [3.63, 3.8) is 0 Å². The third-order valence-electron chi connectivity index (χ3n) is 8.91. The van der Waals surface area contributed by atoms with E-state index in [-0.39, 0.29) is 10.5 Å². The van der Waals surface area contributed by atoms with Crippen molar-refractivity contribution in [2.75, 3.05) is 6.61 Å². The molecule has 1 saturated carbocycles. The molecular formula is C27H44OSi. The number of rotatable bonds is 6. The summed E-state index contributed by atoms with van der Waals surface area (Å²) >= 11 is 0. The molecule has 3 rings (SSSR count). The third kappa shape index (κ3) is 3.92. The molecule has 0 amide bonds. The molecule has 29 heavy (non-hydrogen) atoms. The van der Waals surface area contributed by atoms with Crippen molar-refractivity contribution in [2.24, 2.45) is 23.2 Å². The summed E-state index contributed by atoms with van der Waals surface area (Å²) in [5.74, 6) is 1.82. The smallest absolute Gasteiger partial charge is 0.191 e. The SMILES string of the molecule is C=C1C=C(C2=C(C)CC[C@@H]2[C@@H](C)CCO[Si](C)(C)C(C)(C)C)[C@@]2(C)CC[C@@H]1C2=C. The molecular weight excluding hydrogens is 368 g/mol. The summed E-state index contributed by atoms with van der Waals surface area (Å²) in [6, 6.07) is 0. The predicted octanol–water partition coefficient (Wildman–Crippen LogP) is 8.23. The zero-order chi connectivity index (χ0) is 21.8. The molecule has 3 aliphatic carbocycles. The highest BCUT2D eigenvalue weighted by Gasteiger charge is 2.48. The standard InChI is InChI=1S/C27H44OSi/c1-18(14-16-28-29(9,10)26(5,6)7)23-12-11-19(2)25(23)24-17-20(3)22-13-15-27(24,8)21(22)4/h17-18,22-23H,3-4,11-16H2,1-2,5-10H3/t18-,22-,23+,27-/m0/s1. The Morgan fingerprint density at radius 2 is 1.90 bits per heavy atom. The van der Waals surface area contributed by atoms with E-state index in [1.165, 1.54) is 36.8 Å². The van der Waals surface area contributed by atoms with Crippen molar-refractivity contribution in [2.45, 2.75) is 91.8 Å². The van der Waals surface area contributed by atoms with Gasteiger partial charge in [-0.25, -0.2) is 0 Å². The van der Waals surface area contributed by atoms with Gasteiger partial charge in [0.05, 0.1) is 0 Å². The molecule has 0 N–H and O–H groups in total. The maximum atomic E-state index is 6.51. The van der Waals surface area contributed by atoms with Gasteiger partial charge in [0.15, 0.2) is 8.32 Å². The lowest BCUT2D eigenvalue weighted by molar-refractivity contribution is 0.239. The van der Waals surface area contributed by atoms with Crippen molar-refractivity contribution in [3.05, 3.63) is 47.1 Å². The van der Waals surface area contributed by atoms with Crippen LogP contribution in [0, 0.1) is 23.2 Å². The monoisotopic (exact) mass is 412 g/mol. The lowest BCUT2D eigenvalue weighted by atomic mass is 9.66. The molecule has 0 saturated heterocycles. The fourth-order valence-electron chi connectivity index (χ4n) is 5.57. The number of hydrogen-bond donors (Lipinski definition) is 0. The van der Waals surface area contributed by atoms with Crippen LogP contribution in [-0.2, 0) is 4.43 Å². The molecule has 1 nitrogen and oxygen atoms in total. The average Bonchev–Trinajstić information content (AvgIpc) is 3.08. The van der Waals surface area contributed by atoms with Gasteiger partial charge < -0.3 is 4.43 Å². The summed E-state index contributed by atoms with van der Waals surface area (Å²) in [5.41, 5.74) is 7.67. The minimum Gasteiger partial charge on any atom is -0.417 e. The van der Waals surface area contributed by atoms with E-state index in [1.807, 2.05) is 0 Å². The van der Waals surface area contributed by atoms with Gasteiger partial charge in [-0.05, 0) is 85.7 Å². The first kappa shape index (κ1) is 22.8. The molecule has 0 aromatic rings. The van der Waals surface area contributed by atoms with Gasteiger partial charge in [-0.15, -0.1) is 0 Å². The molecule has 0 radical (unpaired) electrons. The molecule has 4 atom stereocenters. The number of fused-ring (bicyclic) bond motifs is 2. The molecule has 3 aliphatic rings. The molecule has 162 valence electrons. The van der Waals surface area contributed by atoms with E-state index in [0.29, 0.717) is 17.8 Å². The lowest BCUT2D eigenvalue weighted by Crippen LogP contribution is -2.41. The van der Waals surface area contributed by atoms with E-state index < -0.39 is 8.32 Å². The van der Waals surface area contributed by atoms with Crippen LogP contribution in [0.15, 0.2) is 47.1 Å². The van der Waals surface area contributed by atoms with Crippen LogP contribution < -0.4 is 0 Å². The summed E-state index contributed by atoms with van der Waals surface area (Å²) in [7, 11) is -1.66. The van der Waals surface area contributed by atoms with Crippen LogP contribution in [-0.4, -0.2) is 14.9 Å². The summed E-state index contributed by atoms with van der Waals surface area (Å²) in [6.45, 7) is 28.8. The Morgan fingerprint density at radius 3 is 2.52 bits per heavy atom.